The van der Waals surface area contributed by atoms with Gasteiger partial charge in [-0.15, -0.1) is 0 Å². The maximum atomic E-state index is 12.4. The van der Waals surface area contributed by atoms with Gasteiger partial charge < -0.3 is 10.6 Å². The summed E-state index contributed by atoms with van der Waals surface area (Å²) in [5.74, 6) is 0.00233. The molecule has 0 radical (unpaired) electrons. The molecule has 0 aromatic heterocycles. The molecule has 1 aromatic rings. The highest BCUT2D eigenvalue weighted by atomic mass is 16.2. The van der Waals surface area contributed by atoms with Gasteiger partial charge in [-0.3, -0.25) is 9.59 Å². The van der Waals surface area contributed by atoms with Crippen LogP contribution in [-0.2, 0) is 4.79 Å². The average Bonchev–Trinajstić information content (AvgIpc) is 2.43. The molecular formula is C19H30N2O2. The largest absolute Gasteiger partial charge is 0.354 e. The number of carbonyl (C=O) groups excluding carboxylic acids is 2. The lowest BCUT2D eigenvalue weighted by Gasteiger charge is -2.27. The number of amides is 2. The van der Waals surface area contributed by atoms with Gasteiger partial charge in [0.25, 0.3) is 5.91 Å². The number of nitrogens with one attached hydrogen (secondary N) is 2. The van der Waals surface area contributed by atoms with Crippen LogP contribution in [0.2, 0.25) is 0 Å². The van der Waals surface area contributed by atoms with E-state index >= 15 is 0 Å². The second kappa shape index (κ2) is 7.16. The van der Waals surface area contributed by atoms with Crippen molar-refractivity contribution < 1.29 is 9.59 Å². The van der Waals surface area contributed by atoms with Crippen molar-refractivity contribution >= 4 is 11.8 Å². The van der Waals surface area contributed by atoms with Crippen LogP contribution in [-0.4, -0.2) is 23.9 Å². The van der Waals surface area contributed by atoms with Gasteiger partial charge in [0.1, 0.15) is 5.54 Å². The highest BCUT2D eigenvalue weighted by Gasteiger charge is 2.30. The Hall–Kier alpha value is -1.84. The van der Waals surface area contributed by atoms with Crippen molar-refractivity contribution in [1.29, 1.82) is 0 Å². The molecule has 2 amide bonds. The summed E-state index contributed by atoms with van der Waals surface area (Å²) in [5.41, 5.74) is 0.788. The van der Waals surface area contributed by atoms with Gasteiger partial charge in [-0.2, -0.15) is 0 Å². The maximum Gasteiger partial charge on any atom is 0.252 e. The Morgan fingerprint density at radius 1 is 1.00 bits per heavy atom. The van der Waals surface area contributed by atoms with E-state index in [4.69, 9.17) is 0 Å². The van der Waals surface area contributed by atoms with E-state index in [1.165, 1.54) is 5.56 Å². The normalized spacial score (nSPS) is 12.2. The van der Waals surface area contributed by atoms with E-state index in [0.29, 0.717) is 18.0 Å². The summed E-state index contributed by atoms with van der Waals surface area (Å²) in [7, 11) is 0. The van der Waals surface area contributed by atoms with Crippen molar-refractivity contribution in [2.75, 3.05) is 6.54 Å². The van der Waals surface area contributed by atoms with Crippen LogP contribution in [0.25, 0.3) is 0 Å². The van der Waals surface area contributed by atoms with Crippen LogP contribution in [0.3, 0.4) is 0 Å². The molecule has 128 valence electrons. The average molecular weight is 318 g/mol. The minimum Gasteiger partial charge on any atom is -0.354 e. The first-order chi connectivity index (χ1) is 10.4. The Kier molecular flexibility index (Phi) is 5.98. The Balaban J connectivity index is 2.72. The van der Waals surface area contributed by atoms with Crippen LogP contribution in [0, 0.1) is 5.41 Å². The summed E-state index contributed by atoms with van der Waals surface area (Å²) in [6.45, 7) is 14.4. The predicted molar refractivity (Wildman–Crippen MR) is 94.5 cm³/mol. The van der Waals surface area contributed by atoms with Crippen molar-refractivity contribution in [3.63, 3.8) is 0 Å². The van der Waals surface area contributed by atoms with E-state index < -0.39 is 5.54 Å². The molecule has 0 heterocycles. The first kappa shape index (κ1) is 19.2. The molecule has 2 N–H and O–H groups in total. The van der Waals surface area contributed by atoms with Crippen molar-refractivity contribution in [3.8, 4) is 0 Å². The monoisotopic (exact) mass is 318 g/mol. The molecule has 0 spiro atoms. The molecule has 0 bridgehead atoms. The first-order valence-electron chi connectivity index (χ1n) is 8.13. The second-order valence-corrected chi connectivity index (χ2v) is 8.10. The predicted octanol–water partition coefficient (Wildman–Crippen LogP) is 3.48. The van der Waals surface area contributed by atoms with Crippen LogP contribution in [0.1, 0.15) is 70.3 Å². The third-order valence-corrected chi connectivity index (χ3v) is 3.61. The quantitative estimate of drug-likeness (QED) is 0.873. The number of carbonyl (C=O) groups is 2. The zero-order chi connectivity index (χ0) is 17.8. The molecule has 0 saturated heterocycles. The summed E-state index contributed by atoms with van der Waals surface area (Å²) in [6, 6.07) is 7.50. The Bertz CT molecular complexity index is 552. The van der Waals surface area contributed by atoms with E-state index in [2.05, 4.69) is 45.3 Å². The molecule has 0 aliphatic rings. The van der Waals surface area contributed by atoms with Crippen molar-refractivity contribution in [2.24, 2.45) is 5.41 Å². The van der Waals surface area contributed by atoms with Crippen molar-refractivity contribution in [1.82, 2.24) is 10.6 Å². The smallest absolute Gasteiger partial charge is 0.252 e. The Labute approximate surface area is 140 Å². The molecule has 1 aromatic carbocycles. The zero-order valence-electron chi connectivity index (χ0n) is 15.4. The van der Waals surface area contributed by atoms with Crippen LogP contribution < -0.4 is 10.6 Å². The number of benzene rings is 1. The second-order valence-electron chi connectivity index (χ2n) is 8.10. The molecule has 0 saturated carbocycles. The third-order valence-electron chi connectivity index (χ3n) is 3.61. The van der Waals surface area contributed by atoms with Gasteiger partial charge >= 0.3 is 0 Å². The van der Waals surface area contributed by atoms with E-state index in [1.54, 1.807) is 26.0 Å². The molecule has 0 atom stereocenters. The highest BCUT2D eigenvalue weighted by Crippen LogP contribution is 2.16. The van der Waals surface area contributed by atoms with Gasteiger partial charge in [0, 0.05) is 12.1 Å². The topological polar surface area (TPSA) is 58.2 Å². The lowest BCUT2D eigenvalue weighted by Crippen LogP contribution is -2.55. The van der Waals surface area contributed by atoms with Gasteiger partial charge in [0.2, 0.25) is 5.91 Å². The SMILES string of the molecule is CC(C)c1ccc(C(=O)NC(C)(C)C(=O)NCC(C)(C)C)cc1. The Morgan fingerprint density at radius 3 is 1.96 bits per heavy atom. The fourth-order valence-electron chi connectivity index (χ4n) is 2.00. The maximum absolute atomic E-state index is 12.4. The van der Waals surface area contributed by atoms with E-state index in [-0.39, 0.29) is 17.2 Å². The summed E-state index contributed by atoms with van der Waals surface area (Å²) in [5, 5.41) is 5.70. The molecule has 0 aliphatic carbocycles. The van der Waals surface area contributed by atoms with Crippen LogP contribution >= 0.6 is 0 Å². The summed E-state index contributed by atoms with van der Waals surface area (Å²) in [4.78, 5) is 24.7. The van der Waals surface area contributed by atoms with Gasteiger partial charge in [-0.05, 0) is 42.9 Å². The summed E-state index contributed by atoms with van der Waals surface area (Å²) in [6.07, 6.45) is 0. The van der Waals surface area contributed by atoms with Crippen molar-refractivity contribution in [3.05, 3.63) is 35.4 Å². The van der Waals surface area contributed by atoms with E-state index in [0.717, 1.165) is 0 Å². The van der Waals surface area contributed by atoms with Crippen LogP contribution in [0.4, 0.5) is 0 Å². The molecule has 0 fully saturated rings. The van der Waals surface area contributed by atoms with Gasteiger partial charge in [0.05, 0.1) is 0 Å². The van der Waals surface area contributed by atoms with E-state index in [1.807, 2.05) is 12.1 Å². The fraction of sp³-hybridized carbons (Fsp3) is 0.579. The summed E-state index contributed by atoms with van der Waals surface area (Å²) >= 11 is 0. The number of rotatable bonds is 5. The van der Waals surface area contributed by atoms with Crippen molar-refractivity contribution in [2.45, 2.75) is 59.9 Å². The minimum atomic E-state index is -0.959. The molecule has 23 heavy (non-hydrogen) atoms. The highest BCUT2D eigenvalue weighted by molar-refractivity contribution is 5.98. The number of hydrogen-bond donors (Lipinski definition) is 2. The molecule has 0 unspecified atom stereocenters. The zero-order valence-corrected chi connectivity index (χ0v) is 15.4. The molecule has 4 heteroatoms. The standard InChI is InChI=1S/C19H30N2O2/c1-13(2)14-8-10-15(11-9-14)16(22)21-19(6,7)17(23)20-12-18(3,4)5/h8-11,13H,12H2,1-7H3,(H,20,23)(H,21,22). The number of hydrogen-bond acceptors (Lipinski definition) is 2. The Morgan fingerprint density at radius 2 is 1.52 bits per heavy atom. The van der Waals surface area contributed by atoms with Gasteiger partial charge in [-0.1, -0.05) is 46.8 Å². The summed E-state index contributed by atoms with van der Waals surface area (Å²) < 4.78 is 0. The first-order valence-corrected chi connectivity index (χ1v) is 8.13. The lowest BCUT2D eigenvalue weighted by molar-refractivity contribution is -0.126. The van der Waals surface area contributed by atoms with Gasteiger partial charge in [0.15, 0.2) is 0 Å². The minimum absolute atomic E-state index is 0.00241. The lowest BCUT2D eigenvalue weighted by atomic mass is 9.95. The van der Waals surface area contributed by atoms with E-state index in [9.17, 15) is 9.59 Å². The van der Waals surface area contributed by atoms with Crippen LogP contribution in [0.15, 0.2) is 24.3 Å². The van der Waals surface area contributed by atoms with Crippen LogP contribution in [0.5, 0.6) is 0 Å². The van der Waals surface area contributed by atoms with Gasteiger partial charge in [-0.25, -0.2) is 0 Å². The molecule has 4 nitrogen and oxygen atoms in total. The molecule has 1 rings (SSSR count). The molecule has 0 aliphatic heterocycles. The molecular weight excluding hydrogens is 288 g/mol. The third kappa shape index (κ3) is 6.05. The fourth-order valence-corrected chi connectivity index (χ4v) is 2.00.